The van der Waals surface area contributed by atoms with E-state index in [4.69, 9.17) is 0 Å². The lowest BCUT2D eigenvalue weighted by Crippen LogP contribution is -2.58. The van der Waals surface area contributed by atoms with E-state index in [2.05, 4.69) is 17.5 Å². The van der Waals surface area contributed by atoms with Crippen LogP contribution in [0.1, 0.15) is 18.1 Å². The summed E-state index contributed by atoms with van der Waals surface area (Å²) < 4.78 is 68.6. The van der Waals surface area contributed by atoms with Crippen LogP contribution in [0.2, 0.25) is 0 Å². The van der Waals surface area contributed by atoms with Crippen molar-refractivity contribution in [2.75, 3.05) is 38.1 Å². The Labute approximate surface area is 233 Å². The van der Waals surface area contributed by atoms with Crippen LogP contribution in [-0.2, 0) is 22.2 Å². The zero-order valence-corrected chi connectivity index (χ0v) is 23.4. The number of halogens is 3. The van der Waals surface area contributed by atoms with Crippen molar-refractivity contribution in [2.24, 2.45) is 0 Å². The highest BCUT2D eigenvalue weighted by atomic mass is 32.2. The van der Waals surface area contributed by atoms with Gasteiger partial charge in [0.2, 0.25) is 10.0 Å². The lowest BCUT2D eigenvalue weighted by Gasteiger charge is -2.43. The minimum atomic E-state index is -4.82. The van der Waals surface area contributed by atoms with Crippen LogP contribution < -0.4 is 4.90 Å². The lowest BCUT2D eigenvalue weighted by molar-refractivity contribution is -0.258. The smallest absolute Gasteiger partial charge is 0.376 e. The van der Waals surface area contributed by atoms with Crippen LogP contribution in [-0.4, -0.2) is 68.2 Å². The van der Waals surface area contributed by atoms with E-state index >= 15 is 0 Å². The molecule has 1 aliphatic rings. The lowest BCUT2D eigenvalue weighted by atomic mass is 9.95. The van der Waals surface area contributed by atoms with Gasteiger partial charge in [0, 0.05) is 43.3 Å². The summed E-state index contributed by atoms with van der Waals surface area (Å²) in [5.41, 5.74) is -1.48. The number of aliphatic hydroxyl groups is 1. The van der Waals surface area contributed by atoms with Crippen molar-refractivity contribution in [1.29, 1.82) is 0 Å². The molecule has 0 radical (unpaired) electrons. The van der Waals surface area contributed by atoms with Crippen molar-refractivity contribution >= 4 is 28.3 Å². The highest BCUT2D eigenvalue weighted by molar-refractivity contribution is 7.90. The Morgan fingerprint density at radius 1 is 0.974 bits per heavy atom. The van der Waals surface area contributed by atoms with E-state index in [9.17, 15) is 26.7 Å². The zero-order valence-electron chi connectivity index (χ0n) is 21.7. The second-order valence-corrected chi connectivity index (χ2v) is 12.4. The summed E-state index contributed by atoms with van der Waals surface area (Å²) in [6.07, 6.45) is -4.82. The van der Waals surface area contributed by atoms with E-state index in [1.807, 2.05) is 42.3 Å². The van der Waals surface area contributed by atoms with Crippen LogP contribution in [0, 0.1) is 0 Å². The maximum absolute atomic E-state index is 13.5. The van der Waals surface area contributed by atoms with Gasteiger partial charge in [0.25, 0.3) is 0 Å². The van der Waals surface area contributed by atoms with E-state index in [-0.39, 0.29) is 29.6 Å². The number of alkyl halides is 3. The molecule has 3 aromatic carbocycles. The standard InChI is InChI=1S/C28H32F3N3O3S2/c1-27(35,28(29,30)31)22-12-14-23(15-13-22)34-17-16-33(39(36,37)26-11-7-6-10-25(26)38)20-24(34)19-32(2)18-21-8-4-3-5-9-21/h3-15,24,35,38H,16-20H2,1-2H3/t24-,27+/m0/s1. The SMILES string of the molecule is CN(Cc1ccccc1)C[C@H]1CN(S(=O)(=O)c2ccccc2S)CCN1c1ccc([C@@](C)(O)C(F)(F)F)cc1. The first-order valence-electron chi connectivity index (χ1n) is 12.5. The van der Waals surface area contributed by atoms with Crippen molar-refractivity contribution < 1.29 is 26.7 Å². The predicted octanol–water partition coefficient (Wildman–Crippen LogP) is 4.76. The number of sulfonamides is 1. The maximum atomic E-state index is 13.5. The third-order valence-electron chi connectivity index (χ3n) is 7.06. The Kier molecular flexibility index (Phi) is 8.67. The average Bonchev–Trinajstić information content (AvgIpc) is 2.89. The summed E-state index contributed by atoms with van der Waals surface area (Å²) in [5, 5.41) is 10.1. The summed E-state index contributed by atoms with van der Waals surface area (Å²) in [6, 6.07) is 21.8. The molecule has 0 amide bonds. The molecule has 0 aromatic heterocycles. The molecule has 39 heavy (non-hydrogen) atoms. The number of hydrogen-bond acceptors (Lipinski definition) is 6. The van der Waals surface area contributed by atoms with Crippen LogP contribution in [0.5, 0.6) is 0 Å². The third kappa shape index (κ3) is 6.44. The topological polar surface area (TPSA) is 64.1 Å². The number of hydrogen-bond donors (Lipinski definition) is 2. The zero-order chi connectivity index (χ0) is 28.4. The Hall–Kier alpha value is -2.57. The van der Waals surface area contributed by atoms with Crippen LogP contribution in [0.15, 0.2) is 88.7 Å². The second kappa shape index (κ2) is 11.5. The van der Waals surface area contributed by atoms with Gasteiger partial charge in [-0.15, -0.1) is 12.6 Å². The summed E-state index contributed by atoms with van der Waals surface area (Å²) in [6.45, 7) is 2.60. The second-order valence-electron chi connectivity index (χ2n) is 9.98. The van der Waals surface area contributed by atoms with Crippen molar-refractivity contribution in [3.05, 3.63) is 90.0 Å². The molecule has 3 aromatic rings. The highest BCUT2D eigenvalue weighted by Crippen LogP contribution is 2.39. The van der Waals surface area contributed by atoms with Gasteiger partial charge >= 0.3 is 6.18 Å². The van der Waals surface area contributed by atoms with E-state index in [1.54, 1.807) is 30.3 Å². The minimum Gasteiger partial charge on any atom is -0.376 e. The quantitative estimate of drug-likeness (QED) is 0.377. The number of thiol groups is 1. The summed E-state index contributed by atoms with van der Waals surface area (Å²) in [7, 11) is -1.86. The van der Waals surface area contributed by atoms with Crippen LogP contribution in [0.3, 0.4) is 0 Å². The van der Waals surface area contributed by atoms with E-state index in [0.717, 1.165) is 12.5 Å². The molecule has 4 rings (SSSR count). The van der Waals surface area contributed by atoms with Gasteiger partial charge < -0.3 is 14.9 Å². The van der Waals surface area contributed by atoms with E-state index < -0.39 is 21.8 Å². The molecular weight excluding hydrogens is 547 g/mol. The first-order chi connectivity index (χ1) is 18.3. The van der Waals surface area contributed by atoms with Gasteiger partial charge in [-0.25, -0.2) is 8.42 Å². The summed E-state index contributed by atoms with van der Waals surface area (Å²) in [5.74, 6) is 0. The van der Waals surface area contributed by atoms with Crippen molar-refractivity contribution in [3.63, 3.8) is 0 Å². The van der Waals surface area contributed by atoms with Gasteiger partial charge in [0.05, 0.1) is 10.9 Å². The molecule has 2 atom stereocenters. The van der Waals surface area contributed by atoms with Gasteiger partial charge in [-0.3, -0.25) is 0 Å². The third-order valence-corrected chi connectivity index (χ3v) is 9.52. The molecule has 11 heteroatoms. The molecule has 1 aliphatic heterocycles. The van der Waals surface area contributed by atoms with E-state index in [0.29, 0.717) is 30.2 Å². The fourth-order valence-corrected chi connectivity index (χ4v) is 6.87. The van der Waals surface area contributed by atoms with Crippen LogP contribution in [0.4, 0.5) is 18.9 Å². The van der Waals surface area contributed by atoms with Gasteiger partial charge in [-0.1, -0.05) is 54.6 Å². The number of rotatable bonds is 8. The molecule has 1 saturated heterocycles. The van der Waals surface area contributed by atoms with Crippen molar-refractivity contribution in [1.82, 2.24) is 9.21 Å². The minimum absolute atomic E-state index is 0.136. The normalized spacial score (nSPS) is 18.8. The number of piperazine rings is 1. The Bertz CT molecular complexity index is 1370. The molecule has 210 valence electrons. The number of benzene rings is 3. The van der Waals surface area contributed by atoms with Crippen LogP contribution in [0.25, 0.3) is 0 Å². The van der Waals surface area contributed by atoms with Gasteiger partial charge in [-0.2, -0.15) is 17.5 Å². The maximum Gasteiger partial charge on any atom is 0.421 e. The molecule has 0 unspecified atom stereocenters. The molecule has 1 heterocycles. The fourth-order valence-electron chi connectivity index (χ4n) is 4.82. The Morgan fingerprint density at radius 3 is 2.21 bits per heavy atom. The highest BCUT2D eigenvalue weighted by Gasteiger charge is 2.51. The summed E-state index contributed by atoms with van der Waals surface area (Å²) >= 11 is 4.35. The molecule has 0 bridgehead atoms. The Balaban J connectivity index is 1.61. The molecular formula is C28H32F3N3O3S2. The summed E-state index contributed by atoms with van der Waals surface area (Å²) in [4.78, 5) is 4.62. The number of likely N-dealkylation sites (N-methyl/N-ethyl adjacent to an activating group) is 1. The Morgan fingerprint density at radius 2 is 1.59 bits per heavy atom. The van der Waals surface area contributed by atoms with Crippen molar-refractivity contribution in [2.45, 2.75) is 41.1 Å². The van der Waals surface area contributed by atoms with Gasteiger partial charge in [-0.05, 0) is 49.4 Å². The van der Waals surface area contributed by atoms with Crippen LogP contribution >= 0.6 is 12.6 Å². The molecule has 0 aliphatic carbocycles. The predicted molar refractivity (Wildman–Crippen MR) is 148 cm³/mol. The monoisotopic (exact) mass is 579 g/mol. The molecule has 0 saturated carbocycles. The van der Waals surface area contributed by atoms with Crippen molar-refractivity contribution in [3.8, 4) is 0 Å². The molecule has 6 nitrogen and oxygen atoms in total. The molecule has 1 N–H and O–H groups in total. The average molecular weight is 580 g/mol. The first-order valence-corrected chi connectivity index (χ1v) is 14.4. The first kappa shape index (κ1) is 29.4. The van der Waals surface area contributed by atoms with E-state index in [1.165, 1.54) is 22.5 Å². The molecule has 0 spiro atoms. The fraction of sp³-hybridized carbons (Fsp3) is 0.357. The largest absolute Gasteiger partial charge is 0.421 e. The van der Waals surface area contributed by atoms with Gasteiger partial charge in [0.15, 0.2) is 5.60 Å². The van der Waals surface area contributed by atoms with Gasteiger partial charge in [0.1, 0.15) is 0 Å². The number of anilines is 1. The number of nitrogens with zero attached hydrogens (tertiary/aromatic N) is 3. The molecule has 1 fully saturated rings.